The second-order valence-electron chi connectivity index (χ2n) is 3.17. The van der Waals surface area contributed by atoms with Gasteiger partial charge in [-0.2, -0.15) is 0 Å². The maximum atomic E-state index is 7.87. The number of hydrogen-bond acceptors (Lipinski definition) is 3. The molecule has 0 atom stereocenters. The van der Waals surface area contributed by atoms with E-state index in [1.54, 1.807) is 22.8 Å². The molecule has 1 saturated heterocycles. The average molecular weight is 176 g/mol. The van der Waals surface area contributed by atoms with Gasteiger partial charge < -0.3 is 4.90 Å². The van der Waals surface area contributed by atoms with E-state index in [0.717, 1.165) is 0 Å². The summed E-state index contributed by atoms with van der Waals surface area (Å²) in [5, 5.41) is 23.6. The molecule has 13 heavy (non-hydrogen) atoms. The largest absolute Gasteiger partial charge is 0.337 e. The highest BCUT2D eigenvalue weighted by atomic mass is 15.1. The molecule has 0 spiro atoms. The van der Waals surface area contributed by atoms with Gasteiger partial charge in [-0.25, -0.2) is 15.8 Å². The number of quaternary nitrogens is 1. The molecular weight excluding hydrogens is 163 g/mol. The van der Waals surface area contributed by atoms with Gasteiger partial charge in [0.1, 0.15) is 0 Å². The van der Waals surface area contributed by atoms with Gasteiger partial charge in [0, 0.05) is 12.8 Å². The van der Waals surface area contributed by atoms with Crippen molar-refractivity contribution in [2.45, 2.75) is 12.8 Å². The van der Waals surface area contributed by atoms with E-state index in [4.69, 9.17) is 15.8 Å². The molecule has 4 nitrogen and oxygen atoms in total. The van der Waals surface area contributed by atoms with E-state index >= 15 is 0 Å². The van der Waals surface area contributed by atoms with E-state index in [9.17, 15) is 0 Å². The van der Waals surface area contributed by atoms with Crippen molar-refractivity contribution in [1.29, 1.82) is 15.8 Å². The minimum atomic E-state index is -1.79. The standard InChI is InChI=1S/C5H11N.C3HBN3/c1-6-4-2-3-5-6;5-1-4(2-6)3-7/h2-5H2,1H3;4H/q;-1/p+1. The van der Waals surface area contributed by atoms with E-state index in [1.807, 2.05) is 0 Å². The summed E-state index contributed by atoms with van der Waals surface area (Å²) in [4.78, 5) is 1.70. The predicted molar refractivity (Wildman–Crippen MR) is 49.8 cm³/mol. The zero-order valence-electron chi connectivity index (χ0n) is 7.88. The van der Waals surface area contributed by atoms with Crippen LogP contribution in [-0.4, -0.2) is 26.8 Å². The molecule has 0 aromatic carbocycles. The lowest BCUT2D eigenvalue weighted by Crippen LogP contribution is -3.06. The van der Waals surface area contributed by atoms with Gasteiger partial charge in [0.05, 0.1) is 20.1 Å². The van der Waals surface area contributed by atoms with Crippen molar-refractivity contribution in [2.24, 2.45) is 0 Å². The minimum Gasteiger partial charge on any atom is -0.337 e. The van der Waals surface area contributed by atoms with Crippen LogP contribution < -0.4 is 4.90 Å². The summed E-state index contributed by atoms with van der Waals surface area (Å²) in [6.45, 7) is 1.01. The molecule has 0 aliphatic carbocycles. The van der Waals surface area contributed by atoms with E-state index < -0.39 is 6.71 Å². The van der Waals surface area contributed by atoms with Crippen LogP contribution in [-0.2, 0) is 0 Å². The van der Waals surface area contributed by atoms with Gasteiger partial charge in [0.15, 0.2) is 0 Å². The Bertz CT molecular complexity index is 218. The Morgan fingerprint density at radius 2 is 1.38 bits per heavy atom. The highest BCUT2D eigenvalue weighted by molar-refractivity contribution is 6.81. The fourth-order valence-corrected chi connectivity index (χ4v) is 1.08. The first-order valence-corrected chi connectivity index (χ1v) is 4.44. The fraction of sp³-hybridized carbons (Fsp3) is 0.625. The predicted octanol–water partition coefficient (Wildman–Crippen LogP) is -1.30. The summed E-state index contributed by atoms with van der Waals surface area (Å²) in [5.41, 5.74) is 0. The van der Waals surface area contributed by atoms with Crippen molar-refractivity contribution in [2.75, 3.05) is 20.1 Å². The summed E-state index contributed by atoms with van der Waals surface area (Å²) in [6, 6.07) is 0. The van der Waals surface area contributed by atoms with Crippen molar-refractivity contribution < 1.29 is 4.90 Å². The van der Waals surface area contributed by atoms with Gasteiger partial charge in [-0.3, -0.25) is 0 Å². The highest BCUT2D eigenvalue weighted by Gasteiger charge is 2.07. The maximum absolute atomic E-state index is 7.87. The molecule has 1 aliphatic rings. The van der Waals surface area contributed by atoms with E-state index in [1.165, 1.54) is 25.9 Å². The maximum Gasteiger partial charge on any atom is 0.286 e. The fourth-order valence-electron chi connectivity index (χ4n) is 1.08. The number of nitriles is 3. The van der Waals surface area contributed by atoms with Crippen LogP contribution in [0.15, 0.2) is 0 Å². The van der Waals surface area contributed by atoms with Crippen LogP contribution in [0.4, 0.5) is 0 Å². The number of nitrogens with one attached hydrogen (secondary N) is 1. The molecule has 0 aromatic heterocycles. The van der Waals surface area contributed by atoms with Crippen LogP contribution in [0.5, 0.6) is 0 Å². The number of rotatable bonds is 0. The number of likely N-dealkylation sites (tertiary alicyclic amines) is 1. The van der Waals surface area contributed by atoms with Gasteiger partial charge in [-0.05, 0) is 0 Å². The van der Waals surface area contributed by atoms with Crippen molar-refractivity contribution in [3.63, 3.8) is 0 Å². The molecule has 68 valence electrons. The third-order valence-corrected chi connectivity index (χ3v) is 1.93. The molecule has 0 unspecified atom stereocenters. The molecule has 0 amide bonds. The molecule has 0 radical (unpaired) electrons. The first-order chi connectivity index (χ1) is 6.24. The van der Waals surface area contributed by atoms with Gasteiger partial charge in [-0.15, -0.1) is 17.9 Å². The SMILES string of the molecule is C[NH+]1CCCC1.N#C[BH-](C#N)C#N. The molecule has 1 fully saturated rings. The Labute approximate surface area is 79.1 Å². The Kier molecular flexibility index (Phi) is 6.33. The summed E-state index contributed by atoms with van der Waals surface area (Å²) in [5.74, 6) is 4.69. The minimum absolute atomic E-state index is 1.40. The van der Waals surface area contributed by atoms with Crippen molar-refractivity contribution in [3.05, 3.63) is 0 Å². The topological polar surface area (TPSA) is 75.8 Å². The van der Waals surface area contributed by atoms with E-state index in [-0.39, 0.29) is 0 Å². The molecule has 1 N–H and O–H groups in total. The van der Waals surface area contributed by atoms with Crippen LogP contribution in [0, 0.1) is 33.7 Å². The van der Waals surface area contributed by atoms with E-state index in [0.29, 0.717) is 0 Å². The Balaban J connectivity index is 0.000000223. The normalized spacial score (nSPS) is 15.0. The van der Waals surface area contributed by atoms with Crippen molar-refractivity contribution in [3.8, 4) is 17.9 Å². The van der Waals surface area contributed by atoms with Gasteiger partial charge in [0.25, 0.3) is 6.71 Å². The highest BCUT2D eigenvalue weighted by Crippen LogP contribution is 1.84. The quantitative estimate of drug-likeness (QED) is 0.466. The second kappa shape index (κ2) is 7.16. The molecule has 1 heterocycles. The van der Waals surface area contributed by atoms with Gasteiger partial charge in [-0.1, -0.05) is 0 Å². The van der Waals surface area contributed by atoms with Crippen LogP contribution in [0.3, 0.4) is 0 Å². The summed E-state index contributed by atoms with van der Waals surface area (Å²) >= 11 is 0. The Morgan fingerprint density at radius 1 is 1.00 bits per heavy atom. The van der Waals surface area contributed by atoms with Gasteiger partial charge in [0.2, 0.25) is 0 Å². The monoisotopic (exact) mass is 176 g/mol. The van der Waals surface area contributed by atoms with Crippen LogP contribution >= 0.6 is 0 Å². The lowest BCUT2D eigenvalue weighted by molar-refractivity contribution is -0.866. The number of nitrogens with zero attached hydrogens (tertiary/aromatic N) is 3. The summed E-state index contributed by atoms with van der Waals surface area (Å²) in [6.07, 6.45) is 2.90. The zero-order valence-corrected chi connectivity index (χ0v) is 7.88. The zero-order chi connectivity index (χ0) is 10.1. The van der Waals surface area contributed by atoms with Crippen molar-refractivity contribution in [1.82, 2.24) is 0 Å². The first kappa shape index (κ1) is 11.5. The average Bonchev–Trinajstić information content (AvgIpc) is 2.60. The molecular formula is C8H13BN4. The van der Waals surface area contributed by atoms with Crippen LogP contribution in [0.2, 0.25) is 0 Å². The van der Waals surface area contributed by atoms with Gasteiger partial charge >= 0.3 is 0 Å². The lowest BCUT2D eigenvalue weighted by atomic mass is 9.55. The Morgan fingerprint density at radius 3 is 1.46 bits per heavy atom. The third kappa shape index (κ3) is 5.73. The molecule has 1 aliphatic heterocycles. The van der Waals surface area contributed by atoms with E-state index in [2.05, 4.69) is 7.05 Å². The summed E-state index contributed by atoms with van der Waals surface area (Å²) < 4.78 is 0. The lowest BCUT2D eigenvalue weighted by Gasteiger charge is -1.98. The van der Waals surface area contributed by atoms with Crippen LogP contribution in [0.1, 0.15) is 12.8 Å². The number of hydrogen-bond donors (Lipinski definition) is 1. The molecule has 5 heteroatoms. The molecule has 0 bridgehead atoms. The molecule has 0 saturated carbocycles. The van der Waals surface area contributed by atoms with Crippen LogP contribution in [0.25, 0.3) is 0 Å². The second-order valence-corrected chi connectivity index (χ2v) is 3.17. The first-order valence-electron chi connectivity index (χ1n) is 4.44. The molecule has 0 aromatic rings. The third-order valence-electron chi connectivity index (χ3n) is 1.93. The Hall–Kier alpha value is -1.51. The summed E-state index contributed by atoms with van der Waals surface area (Å²) in [7, 11) is 2.26. The smallest absolute Gasteiger partial charge is 0.286 e. The van der Waals surface area contributed by atoms with Crippen molar-refractivity contribution >= 4 is 6.71 Å². The molecule has 1 rings (SSSR count).